The van der Waals surface area contributed by atoms with E-state index in [1.165, 1.54) is 61.1 Å². The molecule has 2 rings (SSSR count). The molecule has 0 amide bonds. The van der Waals surface area contributed by atoms with Gasteiger partial charge in [-0.1, -0.05) is 75.1 Å². The number of carboxylic acids is 2. The van der Waals surface area contributed by atoms with Gasteiger partial charge in [0, 0.05) is 23.1 Å². The Labute approximate surface area is 225 Å². The number of carboxylic acid groups (broad SMARTS) is 2. The lowest BCUT2D eigenvalue weighted by atomic mass is 10.0. The number of thioether (sulfide) groups is 1. The molecular formula is C30H41NO5S. The first-order chi connectivity index (χ1) is 17.8. The summed E-state index contributed by atoms with van der Waals surface area (Å²) in [7, 11) is 0. The molecule has 2 aromatic rings. The van der Waals surface area contributed by atoms with Gasteiger partial charge in [-0.3, -0.25) is 4.79 Å². The number of anilines is 1. The average molecular weight is 528 g/mol. The van der Waals surface area contributed by atoms with Gasteiger partial charge in [0.15, 0.2) is 0 Å². The summed E-state index contributed by atoms with van der Waals surface area (Å²) in [6.45, 7) is 2.23. The number of aromatic carboxylic acids is 1. The summed E-state index contributed by atoms with van der Waals surface area (Å²) in [4.78, 5) is 22.1. The first-order valence-electron chi connectivity index (χ1n) is 13.2. The molecule has 0 bridgehead atoms. The van der Waals surface area contributed by atoms with Crippen LogP contribution in [0.4, 0.5) is 5.69 Å². The smallest absolute Gasteiger partial charge is 0.337 e. The van der Waals surface area contributed by atoms with Crippen molar-refractivity contribution >= 4 is 29.4 Å². The number of aliphatic hydroxyl groups is 1. The topological polar surface area (TPSA) is 121 Å². The van der Waals surface area contributed by atoms with Gasteiger partial charge in [-0.25, -0.2) is 4.79 Å². The molecule has 0 heterocycles. The van der Waals surface area contributed by atoms with Crippen molar-refractivity contribution in [2.75, 3.05) is 5.73 Å². The molecule has 0 aliphatic carbocycles. The highest BCUT2D eigenvalue weighted by Crippen LogP contribution is 2.26. The van der Waals surface area contributed by atoms with Crippen LogP contribution < -0.4 is 5.73 Å². The van der Waals surface area contributed by atoms with Crippen LogP contribution in [-0.2, 0) is 23.4 Å². The van der Waals surface area contributed by atoms with Crippen LogP contribution in [0.3, 0.4) is 0 Å². The van der Waals surface area contributed by atoms with E-state index in [9.17, 15) is 19.8 Å². The van der Waals surface area contributed by atoms with E-state index < -0.39 is 18.0 Å². The minimum absolute atomic E-state index is 0.0241. The summed E-state index contributed by atoms with van der Waals surface area (Å²) in [6, 6.07) is 13.6. The number of nitrogen functional groups attached to an aromatic ring is 1. The largest absolute Gasteiger partial charge is 0.481 e. The molecule has 0 fully saturated rings. The molecular weight excluding hydrogens is 486 g/mol. The molecule has 0 aliphatic rings. The molecule has 0 saturated heterocycles. The van der Waals surface area contributed by atoms with E-state index in [-0.39, 0.29) is 22.9 Å². The lowest BCUT2D eigenvalue weighted by molar-refractivity contribution is -0.137. The number of benzene rings is 2. The van der Waals surface area contributed by atoms with E-state index in [1.807, 2.05) is 6.08 Å². The van der Waals surface area contributed by atoms with Gasteiger partial charge in [0.05, 0.1) is 11.7 Å². The second-order valence-corrected chi connectivity index (χ2v) is 10.6. The Balaban J connectivity index is 1.96. The van der Waals surface area contributed by atoms with E-state index in [0.29, 0.717) is 18.6 Å². The minimum Gasteiger partial charge on any atom is -0.481 e. The Morgan fingerprint density at radius 2 is 1.62 bits per heavy atom. The zero-order valence-electron chi connectivity index (χ0n) is 21.8. The summed E-state index contributed by atoms with van der Waals surface area (Å²) in [5.41, 5.74) is 9.59. The Kier molecular flexibility index (Phi) is 13.9. The predicted molar refractivity (Wildman–Crippen MR) is 152 cm³/mol. The van der Waals surface area contributed by atoms with Gasteiger partial charge in [-0.15, -0.1) is 11.8 Å². The van der Waals surface area contributed by atoms with Gasteiger partial charge >= 0.3 is 11.9 Å². The fraction of sp³-hybridized carbons (Fsp3) is 0.467. The van der Waals surface area contributed by atoms with E-state index in [2.05, 4.69) is 37.3 Å². The summed E-state index contributed by atoms with van der Waals surface area (Å²) < 4.78 is 0. The van der Waals surface area contributed by atoms with Gasteiger partial charge in [0.25, 0.3) is 0 Å². The predicted octanol–water partition coefficient (Wildman–Crippen LogP) is 6.50. The number of aliphatic carboxylic acids is 1. The Bertz CT molecular complexity index is 1010. The molecule has 6 nitrogen and oxygen atoms in total. The van der Waals surface area contributed by atoms with E-state index in [1.54, 1.807) is 12.1 Å². The van der Waals surface area contributed by atoms with Crippen molar-refractivity contribution in [3.8, 4) is 0 Å². The Morgan fingerprint density at radius 1 is 0.946 bits per heavy atom. The Hall–Kier alpha value is -2.77. The van der Waals surface area contributed by atoms with E-state index in [4.69, 9.17) is 10.8 Å². The molecule has 0 spiro atoms. The summed E-state index contributed by atoms with van der Waals surface area (Å²) in [6.07, 6.45) is 12.4. The van der Waals surface area contributed by atoms with Crippen LogP contribution in [-0.4, -0.2) is 38.6 Å². The fourth-order valence-electron chi connectivity index (χ4n) is 4.12. The first-order valence-corrected chi connectivity index (χ1v) is 14.2. The second-order valence-electron chi connectivity index (χ2n) is 9.47. The molecule has 202 valence electrons. The highest BCUT2D eigenvalue weighted by molar-refractivity contribution is 7.99. The second kappa shape index (κ2) is 16.9. The van der Waals surface area contributed by atoms with Gasteiger partial charge in [0.1, 0.15) is 0 Å². The standard InChI is InChI=1S/C30H41NO5S/c1-2-3-4-5-6-9-22-14-16-23(17-15-22)10-7-12-28(27(32)11-8-13-29(33)34)37-21-24-18-19-25(30(35)36)26(31)20-24/h7,12,14-20,27-28,32H,2-6,8-11,13,21,31H2,1H3,(H,33,34)(H,35,36)/b12-7-/t27-,28+/m0/s1. The lowest BCUT2D eigenvalue weighted by Crippen LogP contribution is -2.21. The van der Waals surface area contributed by atoms with Crippen LogP contribution in [0.25, 0.3) is 0 Å². The van der Waals surface area contributed by atoms with Crippen molar-refractivity contribution in [1.82, 2.24) is 0 Å². The number of hydrogen-bond donors (Lipinski definition) is 4. The number of hydrogen-bond acceptors (Lipinski definition) is 5. The number of carbonyl (C=O) groups is 2. The van der Waals surface area contributed by atoms with Gasteiger partial charge in [0.2, 0.25) is 0 Å². The molecule has 0 saturated carbocycles. The van der Waals surface area contributed by atoms with Crippen molar-refractivity contribution in [2.45, 2.75) is 88.2 Å². The molecule has 0 radical (unpaired) electrons. The Morgan fingerprint density at radius 3 is 2.27 bits per heavy atom. The number of aryl methyl sites for hydroxylation is 1. The van der Waals surface area contributed by atoms with Crippen molar-refractivity contribution in [3.05, 3.63) is 76.9 Å². The average Bonchev–Trinajstić information content (AvgIpc) is 2.86. The molecule has 2 aromatic carbocycles. The number of rotatable bonds is 18. The van der Waals surface area contributed by atoms with E-state index >= 15 is 0 Å². The summed E-state index contributed by atoms with van der Waals surface area (Å²) in [5.74, 6) is -1.39. The van der Waals surface area contributed by atoms with Crippen molar-refractivity contribution in [2.24, 2.45) is 0 Å². The highest BCUT2D eigenvalue weighted by atomic mass is 32.2. The zero-order valence-corrected chi connectivity index (χ0v) is 22.6. The first kappa shape index (κ1) is 30.5. The third-order valence-corrected chi connectivity index (χ3v) is 7.69. The van der Waals surface area contributed by atoms with Crippen LogP contribution in [0, 0.1) is 0 Å². The van der Waals surface area contributed by atoms with Crippen molar-refractivity contribution in [1.29, 1.82) is 0 Å². The maximum Gasteiger partial charge on any atom is 0.337 e. The number of aliphatic hydroxyl groups excluding tert-OH is 1. The van der Waals surface area contributed by atoms with Crippen LogP contribution in [0.1, 0.15) is 85.3 Å². The third kappa shape index (κ3) is 11.9. The summed E-state index contributed by atoms with van der Waals surface area (Å²) >= 11 is 1.53. The van der Waals surface area contributed by atoms with Crippen LogP contribution in [0.15, 0.2) is 54.6 Å². The van der Waals surface area contributed by atoms with Gasteiger partial charge < -0.3 is 21.1 Å². The van der Waals surface area contributed by atoms with Crippen LogP contribution >= 0.6 is 11.8 Å². The maximum absolute atomic E-state index is 11.2. The van der Waals surface area contributed by atoms with Gasteiger partial charge in [-0.05, 0) is 60.9 Å². The monoisotopic (exact) mass is 527 g/mol. The molecule has 2 atom stereocenters. The number of allylic oxidation sites excluding steroid dienone is 1. The summed E-state index contributed by atoms with van der Waals surface area (Å²) in [5, 5.41) is 28.6. The molecule has 7 heteroatoms. The SMILES string of the molecule is CCCCCCCc1ccc(C/C=C\[C@@H](SCc2ccc(C(=O)O)c(N)c2)[C@@H](O)CCCC(=O)O)cc1. The van der Waals surface area contributed by atoms with Crippen LogP contribution in [0.2, 0.25) is 0 Å². The maximum atomic E-state index is 11.2. The quantitative estimate of drug-likeness (QED) is 0.0992. The van der Waals surface area contributed by atoms with Gasteiger partial charge in [-0.2, -0.15) is 0 Å². The van der Waals surface area contributed by atoms with Crippen molar-refractivity contribution < 1.29 is 24.9 Å². The van der Waals surface area contributed by atoms with Crippen molar-refractivity contribution in [3.63, 3.8) is 0 Å². The minimum atomic E-state index is -1.06. The normalized spacial score (nSPS) is 13.0. The number of unbranched alkanes of at least 4 members (excludes halogenated alkanes) is 4. The fourth-order valence-corrected chi connectivity index (χ4v) is 5.27. The van der Waals surface area contributed by atoms with E-state index in [0.717, 1.165) is 18.4 Å². The lowest BCUT2D eigenvalue weighted by Gasteiger charge is -2.20. The molecule has 0 aromatic heterocycles. The number of nitrogens with two attached hydrogens (primary N) is 1. The van der Waals surface area contributed by atoms with Crippen LogP contribution in [0.5, 0.6) is 0 Å². The molecule has 0 unspecified atom stereocenters. The molecule has 0 aliphatic heterocycles. The zero-order chi connectivity index (χ0) is 27.0. The third-order valence-electron chi connectivity index (χ3n) is 6.33. The molecule has 5 N–H and O–H groups in total. The highest BCUT2D eigenvalue weighted by Gasteiger charge is 2.18. The molecule has 37 heavy (non-hydrogen) atoms.